The van der Waals surface area contributed by atoms with Crippen LogP contribution in [0.25, 0.3) is 0 Å². The van der Waals surface area contributed by atoms with Crippen molar-refractivity contribution in [2.45, 2.75) is 32.6 Å². The summed E-state index contributed by atoms with van der Waals surface area (Å²) in [5.74, 6) is -1.46. The number of rotatable bonds is 7. The van der Waals surface area contributed by atoms with Crippen LogP contribution in [0.2, 0.25) is 0 Å². The Kier molecular flexibility index (Phi) is 7.28. The first-order valence-electron chi connectivity index (χ1n) is 10.3. The lowest BCUT2D eigenvalue weighted by atomic mass is 10.00. The van der Waals surface area contributed by atoms with Crippen LogP contribution in [0.4, 0.5) is 10.1 Å². The fraction of sp³-hybridized carbons (Fsp3) is 0.200. The Morgan fingerprint density at radius 3 is 2.30 bits per heavy atom. The van der Waals surface area contributed by atoms with Gasteiger partial charge < -0.3 is 0 Å². The van der Waals surface area contributed by atoms with Crippen molar-refractivity contribution in [2.24, 2.45) is 5.10 Å². The van der Waals surface area contributed by atoms with Gasteiger partial charge in [0.2, 0.25) is 0 Å². The van der Waals surface area contributed by atoms with Gasteiger partial charge in [0.15, 0.2) is 0 Å². The molecule has 6 nitrogen and oxygen atoms in total. The van der Waals surface area contributed by atoms with Crippen molar-refractivity contribution >= 4 is 27.8 Å². The van der Waals surface area contributed by atoms with E-state index in [2.05, 4.69) is 10.5 Å². The summed E-state index contributed by atoms with van der Waals surface area (Å²) < 4.78 is 41.8. The number of para-hydroxylation sites is 1. The van der Waals surface area contributed by atoms with Crippen molar-refractivity contribution < 1.29 is 17.6 Å². The molecule has 0 saturated heterocycles. The number of benzene rings is 3. The monoisotopic (exact) mass is 467 g/mol. The van der Waals surface area contributed by atoms with E-state index in [1.54, 1.807) is 12.1 Å². The highest BCUT2D eigenvalue weighted by Crippen LogP contribution is 2.26. The van der Waals surface area contributed by atoms with E-state index in [9.17, 15) is 17.6 Å². The Balaban J connectivity index is 1.86. The molecule has 0 aliphatic carbocycles. The SMILES string of the molecule is Cc1ccc(S(=O)(=O)N(CC(=O)N/N=C\c2ccc(C)c(C)c2C)c2ccccc2F)cc1. The molecule has 1 N–H and O–H groups in total. The van der Waals surface area contributed by atoms with E-state index in [-0.39, 0.29) is 10.6 Å². The van der Waals surface area contributed by atoms with Gasteiger partial charge in [-0.25, -0.2) is 18.2 Å². The summed E-state index contributed by atoms with van der Waals surface area (Å²) in [5, 5.41) is 3.97. The number of anilines is 1. The number of halogens is 1. The Morgan fingerprint density at radius 2 is 1.64 bits per heavy atom. The summed E-state index contributed by atoms with van der Waals surface area (Å²) in [6, 6.07) is 15.4. The van der Waals surface area contributed by atoms with Crippen LogP contribution in [0.5, 0.6) is 0 Å². The van der Waals surface area contributed by atoms with Gasteiger partial charge in [-0.3, -0.25) is 9.10 Å². The van der Waals surface area contributed by atoms with Gasteiger partial charge in [0.1, 0.15) is 12.4 Å². The van der Waals surface area contributed by atoms with E-state index in [0.717, 1.165) is 38.2 Å². The van der Waals surface area contributed by atoms with E-state index in [1.807, 2.05) is 39.8 Å². The maximum Gasteiger partial charge on any atom is 0.264 e. The Labute approximate surface area is 193 Å². The number of hydrazone groups is 1. The summed E-state index contributed by atoms with van der Waals surface area (Å²) in [6.07, 6.45) is 1.50. The third kappa shape index (κ3) is 5.46. The first-order chi connectivity index (χ1) is 15.6. The number of hydrogen-bond acceptors (Lipinski definition) is 4. The summed E-state index contributed by atoms with van der Waals surface area (Å²) in [7, 11) is -4.20. The molecule has 8 heteroatoms. The molecule has 0 unspecified atom stereocenters. The molecule has 0 fully saturated rings. The van der Waals surface area contributed by atoms with Gasteiger partial charge in [-0.15, -0.1) is 0 Å². The third-order valence-electron chi connectivity index (χ3n) is 5.51. The van der Waals surface area contributed by atoms with Crippen LogP contribution < -0.4 is 9.73 Å². The number of amides is 1. The van der Waals surface area contributed by atoms with Gasteiger partial charge in [-0.05, 0) is 74.2 Å². The normalized spacial score (nSPS) is 11.5. The van der Waals surface area contributed by atoms with Gasteiger partial charge >= 0.3 is 0 Å². The zero-order valence-electron chi connectivity index (χ0n) is 19.0. The molecule has 0 radical (unpaired) electrons. The molecule has 0 aromatic heterocycles. The van der Waals surface area contributed by atoms with Gasteiger partial charge in [-0.1, -0.05) is 42.0 Å². The fourth-order valence-corrected chi connectivity index (χ4v) is 4.68. The molecule has 0 atom stereocenters. The van der Waals surface area contributed by atoms with Crippen LogP contribution >= 0.6 is 0 Å². The Morgan fingerprint density at radius 1 is 0.970 bits per heavy atom. The lowest BCUT2D eigenvalue weighted by molar-refractivity contribution is -0.119. The van der Waals surface area contributed by atoms with Crippen molar-refractivity contribution in [3.8, 4) is 0 Å². The first kappa shape index (κ1) is 24.1. The number of carbonyl (C=O) groups excluding carboxylic acids is 1. The van der Waals surface area contributed by atoms with Gasteiger partial charge in [0, 0.05) is 0 Å². The second-order valence-electron chi connectivity index (χ2n) is 7.79. The summed E-state index contributed by atoms with van der Waals surface area (Å²) >= 11 is 0. The van der Waals surface area contributed by atoms with Crippen molar-refractivity contribution in [2.75, 3.05) is 10.8 Å². The molecule has 0 aliphatic rings. The molecule has 0 heterocycles. The maximum absolute atomic E-state index is 14.5. The summed E-state index contributed by atoms with van der Waals surface area (Å²) in [6.45, 7) is 7.16. The molecule has 1 amide bonds. The number of sulfonamides is 1. The van der Waals surface area contributed by atoms with Crippen molar-refractivity contribution in [3.05, 3.63) is 94.3 Å². The minimum atomic E-state index is -4.20. The minimum absolute atomic E-state index is 0.0431. The quantitative estimate of drug-likeness (QED) is 0.413. The van der Waals surface area contributed by atoms with Crippen LogP contribution in [0.3, 0.4) is 0 Å². The van der Waals surface area contributed by atoms with E-state index in [1.165, 1.54) is 36.5 Å². The van der Waals surface area contributed by atoms with Crippen LogP contribution in [-0.4, -0.2) is 27.1 Å². The second kappa shape index (κ2) is 9.95. The lowest BCUT2D eigenvalue weighted by Gasteiger charge is -2.24. The van der Waals surface area contributed by atoms with Crippen LogP contribution in [-0.2, 0) is 14.8 Å². The topological polar surface area (TPSA) is 78.8 Å². The fourth-order valence-electron chi connectivity index (χ4n) is 3.25. The molecule has 0 spiro atoms. The van der Waals surface area contributed by atoms with Gasteiger partial charge in [0.25, 0.3) is 15.9 Å². The predicted molar refractivity (Wildman–Crippen MR) is 129 cm³/mol. The predicted octanol–water partition coefficient (Wildman–Crippen LogP) is 4.40. The highest BCUT2D eigenvalue weighted by atomic mass is 32.2. The Hall–Kier alpha value is -3.52. The van der Waals surface area contributed by atoms with E-state index >= 15 is 0 Å². The van der Waals surface area contributed by atoms with Gasteiger partial charge in [0.05, 0.1) is 16.8 Å². The highest BCUT2D eigenvalue weighted by molar-refractivity contribution is 7.92. The largest absolute Gasteiger partial charge is 0.271 e. The van der Waals surface area contributed by atoms with E-state index < -0.39 is 28.3 Å². The van der Waals surface area contributed by atoms with Crippen LogP contribution in [0.15, 0.2) is 70.7 Å². The van der Waals surface area contributed by atoms with E-state index in [4.69, 9.17) is 0 Å². The number of aryl methyl sites for hydroxylation is 2. The van der Waals surface area contributed by atoms with Crippen molar-refractivity contribution in [1.29, 1.82) is 0 Å². The number of nitrogens with one attached hydrogen (secondary N) is 1. The number of hydrogen-bond donors (Lipinski definition) is 1. The standard InChI is InChI=1S/C25H26FN3O3S/c1-17-9-13-22(14-10-17)33(31,32)29(24-8-6-5-7-23(24)26)16-25(30)28-27-15-21-12-11-18(2)19(3)20(21)4/h5-15H,16H2,1-4H3,(H,28,30)/b27-15-. The molecule has 0 bridgehead atoms. The molecule has 3 rings (SSSR count). The molecular formula is C25H26FN3O3S. The number of carbonyl (C=O) groups is 1. The molecule has 3 aromatic rings. The Bertz CT molecular complexity index is 1300. The van der Waals surface area contributed by atoms with Crippen molar-refractivity contribution in [3.63, 3.8) is 0 Å². The molecule has 0 aliphatic heterocycles. The highest BCUT2D eigenvalue weighted by Gasteiger charge is 2.29. The second-order valence-corrected chi connectivity index (χ2v) is 9.65. The average molecular weight is 468 g/mol. The van der Waals surface area contributed by atoms with Gasteiger partial charge in [-0.2, -0.15) is 5.10 Å². The third-order valence-corrected chi connectivity index (χ3v) is 7.28. The zero-order chi connectivity index (χ0) is 24.2. The smallest absolute Gasteiger partial charge is 0.264 e. The molecule has 0 saturated carbocycles. The maximum atomic E-state index is 14.5. The number of nitrogens with zero attached hydrogens (tertiary/aromatic N) is 2. The molecular weight excluding hydrogens is 441 g/mol. The summed E-state index contributed by atoms with van der Waals surface area (Å²) in [4.78, 5) is 12.6. The lowest BCUT2D eigenvalue weighted by Crippen LogP contribution is -2.40. The van der Waals surface area contributed by atoms with Crippen molar-refractivity contribution in [1.82, 2.24) is 5.43 Å². The minimum Gasteiger partial charge on any atom is -0.271 e. The average Bonchev–Trinajstić information content (AvgIpc) is 2.78. The van der Waals surface area contributed by atoms with Crippen LogP contribution in [0.1, 0.15) is 27.8 Å². The zero-order valence-corrected chi connectivity index (χ0v) is 19.8. The molecule has 3 aromatic carbocycles. The van der Waals surface area contributed by atoms with Crippen LogP contribution in [0, 0.1) is 33.5 Å². The molecule has 33 heavy (non-hydrogen) atoms. The first-order valence-corrected chi connectivity index (χ1v) is 11.8. The molecule has 172 valence electrons. The van der Waals surface area contributed by atoms with E-state index in [0.29, 0.717) is 0 Å². The summed E-state index contributed by atoms with van der Waals surface area (Å²) in [5.41, 5.74) is 7.14.